The summed E-state index contributed by atoms with van der Waals surface area (Å²) >= 11 is 0. The molecule has 0 radical (unpaired) electrons. The van der Waals surface area contributed by atoms with Crippen LogP contribution in [0, 0.1) is 0 Å². The van der Waals surface area contributed by atoms with Crippen molar-refractivity contribution in [1.29, 1.82) is 0 Å². The Kier molecular flexibility index (Phi) is 7.66. The van der Waals surface area contributed by atoms with Gasteiger partial charge in [-0.2, -0.15) is 0 Å². The van der Waals surface area contributed by atoms with Gasteiger partial charge in [0.05, 0.1) is 5.69 Å². The number of carbonyl (C=O) groups is 2. The molecule has 5 heteroatoms. The van der Waals surface area contributed by atoms with E-state index in [4.69, 9.17) is 4.74 Å². The molecular weight excluding hydrogens is 436 g/mol. The fourth-order valence-electron chi connectivity index (χ4n) is 4.15. The Bertz CT molecular complexity index is 1200. The first-order valence-electron chi connectivity index (χ1n) is 12.2. The van der Waals surface area contributed by atoms with E-state index in [-0.39, 0.29) is 11.8 Å². The van der Waals surface area contributed by atoms with Crippen molar-refractivity contribution in [3.63, 3.8) is 0 Å². The summed E-state index contributed by atoms with van der Waals surface area (Å²) in [6.07, 6.45) is 4.49. The molecule has 0 aromatic heterocycles. The fraction of sp³-hybridized carbons (Fsp3) is 0.267. The zero-order valence-electron chi connectivity index (χ0n) is 20.5. The van der Waals surface area contributed by atoms with Gasteiger partial charge in [0.25, 0.3) is 5.91 Å². The lowest BCUT2D eigenvalue weighted by atomic mass is 10.0. The van der Waals surface area contributed by atoms with Gasteiger partial charge in [0, 0.05) is 18.3 Å². The molecule has 1 N–H and O–H groups in total. The van der Waals surface area contributed by atoms with E-state index in [1.165, 1.54) is 17.2 Å². The lowest BCUT2D eigenvalue weighted by molar-refractivity contribution is -0.125. The van der Waals surface area contributed by atoms with E-state index in [1.807, 2.05) is 42.5 Å². The van der Waals surface area contributed by atoms with Gasteiger partial charge in [0.15, 0.2) is 6.10 Å². The summed E-state index contributed by atoms with van der Waals surface area (Å²) in [5.74, 6) is 0.816. The molecule has 1 atom stereocenters. The normalized spacial score (nSPS) is 15.3. The lowest BCUT2D eigenvalue weighted by Gasteiger charge is -2.33. The summed E-state index contributed by atoms with van der Waals surface area (Å²) in [7, 11) is 0. The largest absolute Gasteiger partial charge is 0.479 e. The third kappa shape index (κ3) is 6.18. The molecule has 3 aromatic rings. The number of benzene rings is 3. The van der Waals surface area contributed by atoms with Crippen molar-refractivity contribution in [2.45, 2.75) is 45.6 Å². The minimum Gasteiger partial charge on any atom is -0.479 e. The topological polar surface area (TPSA) is 58.6 Å². The number of hydrogen-bond donors (Lipinski definition) is 1. The van der Waals surface area contributed by atoms with E-state index in [0.29, 0.717) is 29.6 Å². The summed E-state index contributed by atoms with van der Waals surface area (Å²) < 4.78 is 5.81. The quantitative estimate of drug-likeness (QED) is 0.400. The third-order valence-electron chi connectivity index (χ3n) is 6.16. The van der Waals surface area contributed by atoms with Crippen LogP contribution in [0.3, 0.4) is 0 Å². The molecule has 5 nitrogen and oxygen atoms in total. The number of carbonyl (C=O) groups excluding carboxylic acids is 2. The highest BCUT2D eigenvalue weighted by molar-refractivity contribution is 6.04. The molecule has 1 unspecified atom stereocenters. The van der Waals surface area contributed by atoms with Crippen LogP contribution in [0.4, 0.5) is 11.4 Å². The van der Waals surface area contributed by atoms with Crippen molar-refractivity contribution >= 4 is 29.3 Å². The van der Waals surface area contributed by atoms with Crippen molar-refractivity contribution in [1.82, 2.24) is 0 Å². The van der Waals surface area contributed by atoms with Gasteiger partial charge in [-0.3, -0.25) is 9.59 Å². The first kappa shape index (κ1) is 24.3. The minimum atomic E-state index is -0.537. The molecular formula is C30H32N2O3. The summed E-state index contributed by atoms with van der Waals surface area (Å²) in [4.78, 5) is 27.2. The van der Waals surface area contributed by atoms with Crippen LogP contribution in [-0.2, 0) is 16.0 Å². The maximum Gasteiger partial charge on any atom is 0.267 e. The summed E-state index contributed by atoms with van der Waals surface area (Å²) in [6.45, 7) is 6.66. The van der Waals surface area contributed by atoms with Gasteiger partial charge >= 0.3 is 0 Å². The highest BCUT2D eigenvalue weighted by Gasteiger charge is 2.31. The second-order valence-corrected chi connectivity index (χ2v) is 9.17. The number of nitrogens with zero attached hydrogens (tertiary/aromatic N) is 1. The Morgan fingerprint density at radius 1 is 1.06 bits per heavy atom. The van der Waals surface area contributed by atoms with Crippen LogP contribution in [-0.4, -0.2) is 24.5 Å². The van der Waals surface area contributed by atoms with Crippen LogP contribution in [0.25, 0.3) is 6.08 Å². The molecule has 0 saturated carbocycles. The van der Waals surface area contributed by atoms with Crippen molar-refractivity contribution < 1.29 is 14.3 Å². The smallest absolute Gasteiger partial charge is 0.267 e. The Morgan fingerprint density at radius 3 is 2.51 bits per heavy atom. The van der Waals surface area contributed by atoms with Gasteiger partial charge in [-0.25, -0.2) is 0 Å². The zero-order valence-corrected chi connectivity index (χ0v) is 20.5. The number of aryl methyl sites for hydroxylation is 1. The van der Waals surface area contributed by atoms with E-state index in [1.54, 1.807) is 24.0 Å². The Morgan fingerprint density at radius 2 is 1.80 bits per heavy atom. The first-order valence-corrected chi connectivity index (χ1v) is 12.2. The van der Waals surface area contributed by atoms with Crippen LogP contribution in [0.2, 0.25) is 0 Å². The van der Waals surface area contributed by atoms with Crippen molar-refractivity contribution in [3.8, 4) is 5.75 Å². The molecule has 180 valence electrons. The maximum atomic E-state index is 12.9. The van der Waals surface area contributed by atoms with Gasteiger partial charge < -0.3 is 15.0 Å². The molecule has 1 aliphatic rings. The van der Waals surface area contributed by atoms with Crippen LogP contribution in [0.15, 0.2) is 78.9 Å². The van der Waals surface area contributed by atoms with E-state index < -0.39 is 6.10 Å². The van der Waals surface area contributed by atoms with Gasteiger partial charge in [0.1, 0.15) is 5.75 Å². The minimum absolute atomic E-state index is 0.0706. The summed E-state index contributed by atoms with van der Waals surface area (Å²) in [5, 5.41) is 2.90. The van der Waals surface area contributed by atoms with Crippen LogP contribution in [0.5, 0.6) is 5.75 Å². The van der Waals surface area contributed by atoms with Gasteiger partial charge in [0.2, 0.25) is 5.91 Å². The number of ether oxygens (including phenoxy) is 1. The number of anilines is 2. The van der Waals surface area contributed by atoms with Gasteiger partial charge in [-0.05, 0) is 66.6 Å². The molecule has 0 bridgehead atoms. The van der Waals surface area contributed by atoms with Crippen molar-refractivity contribution in [2.24, 2.45) is 0 Å². The first-order chi connectivity index (χ1) is 16.9. The predicted octanol–water partition coefficient (Wildman–Crippen LogP) is 6.21. The second-order valence-electron chi connectivity index (χ2n) is 9.17. The number of hydrogen-bond acceptors (Lipinski definition) is 3. The van der Waals surface area contributed by atoms with E-state index in [9.17, 15) is 9.59 Å². The Hall–Kier alpha value is -3.86. The number of rotatable bonds is 8. The van der Waals surface area contributed by atoms with Crippen molar-refractivity contribution in [3.05, 3.63) is 95.6 Å². The molecule has 35 heavy (non-hydrogen) atoms. The molecule has 0 aliphatic carbocycles. The molecule has 0 saturated heterocycles. The van der Waals surface area contributed by atoms with E-state index in [0.717, 1.165) is 18.4 Å². The van der Waals surface area contributed by atoms with Crippen molar-refractivity contribution in [2.75, 3.05) is 16.8 Å². The molecule has 0 spiro atoms. The summed E-state index contributed by atoms with van der Waals surface area (Å²) in [6, 6.07) is 23.8. The SMILES string of the molecule is CC1Oc2ccc(NC(=O)/C=C/c3ccc(C(C)C)cc3)cc2N(CCCc2ccccc2)C1=O. The van der Waals surface area contributed by atoms with Gasteiger partial charge in [-0.1, -0.05) is 68.4 Å². The average molecular weight is 469 g/mol. The lowest BCUT2D eigenvalue weighted by Crippen LogP contribution is -2.45. The second kappa shape index (κ2) is 11.0. The number of amides is 2. The van der Waals surface area contributed by atoms with E-state index >= 15 is 0 Å². The molecule has 0 fully saturated rings. The fourth-order valence-corrected chi connectivity index (χ4v) is 4.15. The highest BCUT2D eigenvalue weighted by Crippen LogP contribution is 2.36. The molecule has 1 aliphatic heterocycles. The third-order valence-corrected chi connectivity index (χ3v) is 6.16. The highest BCUT2D eigenvalue weighted by atomic mass is 16.5. The van der Waals surface area contributed by atoms with Crippen LogP contribution in [0.1, 0.15) is 49.8 Å². The monoisotopic (exact) mass is 468 g/mol. The van der Waals surface area contributed by atoms with E-state index in [2.05, 4.69) is 43.4 Å². The number of fused-ring (bicyclic) bond motifs is 1. The molecule has 4 rings (SSSR count). The standard InChI is InChI=1S/C30H32N2O3/c1-21(2)25-14-11-24(12-15-25)13-18-29(33)31-26-16-17-28-27(20-26)32(30(34)22(3)35-28)19-7-10-23-8-5-4-6-9-23/h4-6,8-9,11-18,20-22H,7,10,19H2,1-3H3,(H,31,33)/b18-13+. The maximum absolute atomic E-state index is 12.9. The Balaban J connectivity index is 1.43. The van der Waals surface area contributed by atoms with Gasteiger partial charge in [-0.15, -0.1) is 0 Å². The number of nitrogens with one attached hydrogen (secondary N) is 1. The average Bonchev–Trinajstić information content (AvgIpc) is 2.86. The Labute approximate surface area is 207 Å². The molecule has 1 heterocycles. The zero-order chi connectivity index (χ0) is 24.8. The molecule has 2 amide bonds. The molecule has 3 aromatic carbocycles. The predicted molar refractivity (Wildman–Crippen MR) is 142 cm³/mol. The van der Waals surface area contributed by atoms with Crippen LogP contribution >= 0.6 is 0 Å². The van der Waals surface area contributed by atoms with Crippen LogP contribution < -0.4 is 15.0 Å². The summed E-state index contributed by atoms with van der Waals surface area (Å²) in [5.41, 5.74) is 4.78.